The van der Waals surface area contributed by atoms with Crippen LogP contribution in [0.2, 0.25) is 5.02 Å². The third-order valence-electron chi connectivity index (χ3n) is 3.83. The van der Waals surface area contributed by atoms with Crippen LogP contribution in [0.4, 0.5) is 15.8 Å². The van der Waals surface area contributed by atoms with E-state index in [0.29, 0.717) is 10.7 Å². The summed E-state index contributed by atoms with van der Waals surface area (Å²) >= 11 is 6.02. The molecular formula is C18H20ClFN2O3S. The molecule has 0 fully saturated rings. The maximum absolute atomic E-state index is 13.9. The number of amides is 1. The van der Waals surface area contributed by atoms with Crippen molar-refractivity contribution >= 4 is 38.9 Å². The fraction of sp³-hybridized carbons (Fsp3) is 0.278. The molecule has 0 aromatic heterocycles. The molecule has 0 spiro atoms. The first-order valence-electron chi connectivity index (χ1n) is 7.97. The van der Waals surface area contributed by atoms with Gasteiger partial charge in [-0.2, -0.15) is 0 Å². The molecule has 0 heterocycles. The van der Waals surface area contributed by atoms with Crippen LogP contribution >= 0.6 is 11.6 Å². The lowest BCUT2D eigenvalue weighted by Gasteiger charge is -2.22. The monoisotopic (exact) mass is 398 g/mol. The SMILES string of the molecule is Cc1c(Cl)cccc1NC(=O)CCCN(c1ccccc1F)S(C)(=O)=O. The molecule has 1 N–H and O–H groups in total. The van der Waals surface area contributed by atoms with E-state index < -0.39 is 15.8 Å². The summed E-state index contributed by atoms with van der Waals surface area (Å²) in [7, 11) is -3.67. The van der Waals surface area contributed by atoms with Crippen LogP contribution in [0.3, 0.4) is 0 Å². The fourth-order valence-electron chi connectivity index (χ4n) is 2.46. The third-order valence-corrected chi connectivity index (χ3v) is 5.42. The molecule has 0 aliphatic heterocycles. The number of halogens is 2. The molecule has 8 heteroatoms. The molecule has 5 nitrogen and oxygen atoms in total. The van der Waals surface area contributed by atoms with Crippen LogP contribution in [-0.2, 0) is 14.8 Å². The number of nitrogens with one attached hydrogen (secondary N) is 1. The Balaban J connectivity index is 2.01. The Kier molecular flexibility index (Phi) is 6.61. The van der Waals surface area contributed by atoms with Gasteiger partial charge in [0.1, 0.15) is 5.82 Å². The Morgan fingerprint density at radius 2 is 1.88 bits per heavy atom. The van der Waals surface area contributed by atoms with Crippen molar-refractivity contribution in [2.24, 2.45) is 0 Å². The second-order valence-electron chi connectivity index (χ2n) is 5.85. The van der Waals surface area contributed by atoms with Crippen molar-refractivity contribution in [2.45, 2.75) is 19.8 Å². The summed E-state index contributed by atoms with van der Waals surface area (Å²) in [6.45, 7) is 1.79. The van der Waals surface area contributed by atoms with Gasteiger partial charge in [-0.3, -0.25) is 9.10 Å². The summed E-state index contributed by atoms with van der Waals surface area (Å²) in [6.07, 6.45) is 1.34. The van der Waals surface area contributed by atoms with Gasteiger partial charge in [0.05, 0.1) is 11.9 Å². The minimum Gasteiger partial charge on any atom is -0.326 e. The summed E-state index contributed by atoms with van der Waals surface area (Å²) in [5, 5.41) is 3.30. The Bertz CT molecular complexity index is 903. The summed E-state index contributed by atoms with van der Waals surface area (Å²) in [5.74, 6) is -0.894. The molecule has 26 heavy (non-hydrogen) atoms. The molecule has 0 saturated carbocycles. The maximum atomic E-state index is 13.9. The molecule has 0 bridgehead atoms. The van der Waals surface area contributed by atoms with Gasteiger partial charge in [-0.15, -0.1) is 0 Å². The van der Waals surface area contributed by atoms with Crippen LogP contribution in [-0.4, -0.2) is 27.1 Å². The number of hydrogen-bond donors (Lipinski definition) is 1. The average molecular weight is 399 g/mol. The Hall–Kier alpha value is -2.12. The number of hydrogen-bond acceptors (Lipinski definition) is 3. The third kappa shape index (κ3) is 5.19. The predicted molar refractivity (Wildman–Crippen MR) is 103 cm³/mol. The molecule has 2 aromatic rings. The molecule has 0 aliphatic carbocycles. The second kappa shape index (κ2) is 8.51. The Morgan fingerprint density at radius 1 is 1.19 bits per heavy atom. The molecule has 0 unspecified atom stereocenters. The first-order chi connectivity index (χ1) is 12.2. The van der Waals surface area contributed by atoms with Crippen molar-refractivity contribution in [1.82, 2.24) is 0 Å². The van der Waals surface area contributed by atoms with Crippen LogP contribution in [0.1, 0.15) is 18.4 Å². The quantitative estimate of drug-likeness (QED) is 0.767. The second-order valence-corrected chi connectivity index (χ2v) is 8.16. The van der Waals surface area contributed by atoms with Crippen molar-refractivity contribution in [3.63, 3.8) is 0 Å². The Labute approximate surface area is 157 Å². The molecule has 2 aromatic carbocycles. The van der Waals surface area contributed by atoms with Crippen LogP contribution in [0.5, 0.6) is 0 Å². The van der Waals surface area contributed by atoms with Gasteiger partial charge in [-0.1, -0.05) is 29.8 Å². The van der Waals surface area contributed by atoms with Gasteiger partial charge in [0, 0.05) is 23.7 Å². The van der Waals surface area contributed by atoms with Gasteiger partial charge in [0.2, 0.25) is 15.9 Å². The number of carbonyl (C=O) groups excluding carboxylic acids is 1. The molecule has 0 atom stereocenters. The normalized spacial score (nSPS) is 11.2. The molecule has 1 amide bonds. The number of nitrogens with zero attached hydrogens (tertiary/aromatic N) is 1. The highest BCUT2D eigenvalue weighted by Gasteiger charge is 2.20. The lowest BCUT2D eigenvalue weighted by Crippen LogP contribution is -2.32. The zero-order valence-corrected chi connectivity index (χ0v) is 16.1. The highest BCUT2D eigenvalue weighted by atomic mass is 35.5. The number of anilines is 2. The zero-order valence-electron chi connectivity index (χ0n) is 14.5. The van der Waals surface area contributed by atoms with Crippen molar-refractivity contribution in [3.05, 3.63) is 58.9 Å². The van der Waals surface area contributed by atoms with Crippen molar-refractivity contribution in [1.29, 1.82) is 0 Å². The van der Waals surface area contributed by atoms with Crippen LogP contribution in [0, 0.1) is 12.7 Å². The van der Waals surface area contributed by atoms with Gasteiger partial charge >= 0.3 is 0 Å². The minimum absolute atomic E-state index is 0.00170. The van der Waals surface area contributed by atoms with Gasteiger partial charge in [-0.25, -0.2) is 12.8 Å². The molecule has 0 saturated heterocycles. The number of benzene rings is 2. The lowest BCUT2D eigenvalue weighted by molar-refractivity contribution is -0.116. The van der Waals surface area contributed by atoms with E-state index in [-0.39, 0.29) is 31.0 Å². The Morgan fingerprint density at radius 3 is 2.54 bits per heavy atom. The largest absolute Gasteiger partial charge is 0.326 e. The highest BCUT2D eigenvalue weighted by Crippen LogP contribution is 2.24. The molecule has 0 aliphatic rings. The van der Waals surface area contributed by atoms with Gasteiger partial charge in [0.15, 0.2) is 0 Å². The number of para-hydroxylation sites is 1. The van der Waals surface area contributed by atoms with Gasteiger partial charge in [0.25, 0.3) is 0 Å². The van der Waals surface area contributed by atoms with Crippen LogP contribution in [0.25, 0.3) is 0 Å². The smallest absolute Gasteiger partial charge is 0.232 e. The van der Waals surface area contributed by atoms with E-state index in [1.165, 1.54) is 18.2 Å². The first kappa shape index (κ1) is 20.2. The fourth-order valence-corrected chi connectivity index (χ4v) is 3.60. The summed E-state index contributed by atoms with van der Waals surface area (Å²) < 4.78 is 38.9. The molecule has 0 radical (unpaired) electrons. The van der Waals surface area contributed by atoms with Crippen molar-refractivity contribution < 1.29 is 17.6 Å². The summed E-state index contributed by atoms with van der Waals surface area (Å²) in [5.41, 5.74) is 1.34. The van der Waals surface area contributed by atoms with E-state index in [0.717, 1.165) is 16.1 Å². The maximum Gasteiger partial charge on any atom is 0.232 e. The van der Waals surface area contributed by atoms with Crippen molar-refractivity contribution in [3.8, 4) is 0 Å². The van der Waals surface area contributed by atoms with Crippen LogP contribution < -0.4 is 9.62 Å². The van der Waals surface area contributed by atoms with E-state index in [4.69, 9.17) is 11.6 Å². The standard InChI is InChI=1S/C18H20ClFN2O3S/c1-13-14(19)7-5-9-16(13)21-18(23)11-6-12-22(26(2,24)25)17-10-4-3-8-15(17)20/h3-5,7-10H,6,11-12H2,1-2H3,(H,21,23). The van der Waals surface area contributed by atoms with E-state index in [1.54, 1.807) is 31.2 Å². The van der Waals surface area contributed by atoms with E-state index in [9.17, 15) is 17.6 Å². The van der Waals surface area contributed by atoms with E-state index >= 15 is 0 Å². The molecular weight excluding hydrogens is 379 g/mol. The van der Waals surface area contributed by atoms with Crippen molar-refractivity contribution in [2.75, 3.05) is 22.4 Å². The predicted octanol–water partition coefficient (Wildman–Crippen LogP) is 3.97. The number of sulfonamides is 1. The van der Waals surface area contributed by atoms with Crippen LogP contribution in [0.15, 0.2) is 42.5 Å². The summed E-state index contributed by atoms with van der Waals surface area (Å²) in [6, 6.07) is 10.8. The molecule has 2 rings (SSSR count). The summed E-state index contributed by atoms with van der Waals surface area (Å²) in [4.78, 5) is 12.1. The number of rotatable bonds is 7. The molecule has 140 valence electrons. The number of carbonyl (C=O) groups is 1. The topological polar surface area (TPSA) is 66.5 Å². The van der Waals surface area contributed by atoms with E-state index in [1.807, 2.05) is 0 Å². The first-order valence-corrected chi connectivity index (χ1v) is 10.2. The lowest BCUT2D eigenvalue weighted by atomic mass is 10.2. The zero-order chi connectivity index (χ0) is 19.3. The minimum atomic E-state index is -3.67. The van der Waals surface area contributed by atoms with Gasteiger partial charge in [-0.05, 0) is 43.2 Å². The highest BCUT2D eigenvalue weighted by molar-refractivity contribution is 7.92. The average Bonchev–Trinajstić information content (AvgIpc) is 2.56. The van der Waals surface area contributed by atoms with Gasteiger partial charge < -0.3 is 5.32 Å². The van der Waals surface area contributed by atoms with E-state index in [2.05, 4.69) is 5.32 Å².